The van der Waals surface area contributed by atoms with E-state index in [1.165, 1.54) is 135 Å². The number of unbranched alkanes of at least 4 members (excludes halogenated alkanes) is 3. The molecule has 0 spiro atoms. The first kappa shape index (κ1) is 74.2. The van der Waals surface area contributed by atoms with Crippen molar-refractivity contribution in [1.82, 2.24) is 0 Å². The Hall–Kier alpha value is -0.848. The third kappa shape index (κ3) is 27.9. The third-order valence-electron chi connectivity index (χ3n) is 18.2. The van der Waals surface area contributed by atoms with Gasteiger partial charge in [-0.1, -0.05) is 288 Å². The highest BCUT2D eigenvalue weighted by Crippen LogP contribution is 2.47. The van der Waals surface area contributed by atoms with Crippen molar-refractivity contribution in [2.75, 3.05) is 6.54 Å². The van der Waals surface area contributed by atoms with E-state index in [0.29, 0.717) is 31.7 Å². The van der Waals surface area contributed by atoms with E-state index in [1.807, 2.05) is 0 Å². The molecule has 446 valence electrons. The van der Waals surface area contributed by atoms with Crippen LogP contribution >= 0.6 is 0 Å². The lowest BCUT2D eigenvalue weighted by Gasteiger charge is -2.45. The van der Waals surface area contributed by atoms with Crippen LogP contribution in [0.2, 0.25) is 21.1 Å². The highest BCUT2D eigenvalue weighted by atomic mass is 27.2. The summed E-state index contributed by atoms with van der Waals surface area (Å²) in [5.41, 5.74) is -1.09. The van der Waals surface area contributed by atoms with Crippen LogP contribution in [0.5, 0.6) is 0 Å². The quantitative estimate of drug-likeness (QED) is 0.0287. The molecule has 0 heterocycles. The van der Waals surface area contributed by atoms with Crippen molar-refractivity contribution in [3.63, 3.8) is 0 Å². The van der Waals surface area contributed by atoms with Gasteiger partial charge in [-0.2, -0.15) is 43.1 Å². The third-order valence-corrected chi connectivity index (χ3v) is 25.4. The van der Waals surface area contributed by atoms with Crippen LogP contribution in [0.15, 0.2) is 18.2 Å². The lowest BCUT2D eigenvalue weighted by Crippen LogP contribution is -3.18. The number of hydrogen-bond donors (Lipinski definition) is 1. The second-order valence-corrected chi connectivity index (χ2v) is 30.8. The van der Waals surface area contributed by atoms with Crippen molar-refractivity contribution in [1.29, 1.82) is 0 Å². The molecule has 10 heteroatoms. The molecule has 10 unspecified atom stereocenters. The highest BCUT2D eigenvalue weighted by molar-refractivity contribution is 6.80. The Kier molecular flexibility index (Phi) is 39.9. The molecule has 0 saturated heterocycles. The lowest BCUT2D eigenvalue weighted by molar-refractivity contribution is -0.951. The molecule has 0 amide bonds. The standard InChI is InChI=1S/C21H29F8N.4C11H23.Al/c1-4-6-7-8-13-19(24,25)20(26,27)21(28,29)30(14-15(3)10-5-2)17-12-9-11-16(22)18(17)23;4*1-5-7-11(6-2)9-8-10(3)4;/h9,11-12,15H,4-8,10,13-14H2,1-3H3;4*10-11H,3,5-9H2,1-2,4H3;/q;;;;;-1/p+1. The molecule has 0 bridgehead atoms. The average Bonchev–Trinajstić information content (AvgIpc) is 3.35. The van der Waals surface area contributed by atoms with Gasteiger partial charge in [-0.05, 0) is 42.6 Å². The van der Waals surface area contributed by atoms with Gasteiger partial charge in [0.05, 0.1) is 6.54 Å². The maximum Gasteiger partial charge on any atom is 0.464 e. The Morgan fingerprint density at radius 2 is 0.787 bits per heavy atom. The van der Waals surface area contributed by atoms with Gasteiger partial charge in [-0.3, -0.25) is 0 Å². The van der Waals surface area contributed by atoms with E-state index in [-0.39, 0.29) is 12.8 Å². The smallest absolute Gasteiger partial charge is 0.233 e. The van der Waals surface area contributed by atoms with Crippen molar-refractivity contribution in [3.8, 4) is 0 Å². The molecule has 1 aromatic carbocycles. The first-order valence-corrected chi connectivity index (χ1v) is 35.3. The normalized spacial score (nSPS) is 17.5. The molecule has 1 nitrogen and oxygen atoms in total. The predicted molar refractivity (Wildman–Crippen MR) is 313 cm³/mol. The predicted octanol–water partition coefficient (Wildman–Crippen LogP) is 23.2. The van der Waals surface area contributed by atoms with Crippen molar-refractivity contribution >= 4 is 18.8 Å². The van der Waals surface area contributed by atoms with E-state index in [9.17, 15) is 35.1 Å². The largest absolute Gasteiger partial charge is 0.464 e. The molecule has 1 aromatic rings. The van der Waals surface area contributed by atoms with Gasteiger partial charge in [-0.15, -0.1) is 8.78 Å². The summed E-state index contributed by atoms with van der Waals surface area (Å²) in [6, 6.07) is -3.12. The van der Waals surface area contributed by atoms with Crippen LogP contribution in [0.25, 0.3) is 0 Å². The van der Waals surface area contributed by atoms with Crippen LogP contribution in [0, 0.1) is 64.9 Å². The van der Waals surface area contributed by atoms with Crippen molar-refractivity contribution in [3.05, 3.63) is 29.8 Å². The molecule has 0 fully saturated rings. The number of rotatable bonds is 45. The van der Waals surface area contributed by atoms with E-state index >= 15 is 0 Å². The van der Waals surface area contributed by atoms with Gasteiger partial charge in [0, 0.05) is 18.4 Å². The van der Waals surface area contributed by atoms with Crippen molar-refractivity contribution in [2.45, 2.75) is 316 Å². The minimum absolute atomic E-state index is 0.205. The molecule has 75 heavy (non-hydrogen) atoms. The molecular weight excluding hydrogens is 974 g/mol. The summed E-state index contributed by atoms with van der Waals surface area (Å²) in [6.07, 6.45) is 29.2. The monoisotopic (exact) mass is 1100 g/mol. The molecule has 0 aliphatic carbocycles. The second-order valence-electron chi connectivity index (χ2n) is 25.5. The van der Waals surface area contributed by atoms with Crippen LogP contribution in [-0.4, -0.2) is 37.5 Å². The summed E-state index contributed by atoms with van der Waals surface area (Å²) in [7, 11) is 0. The molecule has 0 aliphatic rings. The Morgan fingerprint density at radius 3 is 1.11 bits per heavy atom. The van der Waals surface area contributed by atoms with Crippen LogP contribution in [0.4, 0.5) is 40.8 Å². The van der Waals surface area contributed by atoms with Crippen LogP contribution in [0.1, 0.15) is 277 Å². The Bertz CT molecular complexity index is 1410. The zero-order chi connectivity index (χ0) is 57.3. The molecular formula is C65H122AlF8N. The fourth-order valence-electron chi connectivity index (χ4n) is 13.8. The topological polar surface area (TPSA) is 4.44 Å². The summed E-state index contributed by atoms with van der Waals surface area (Å²) in [5.74, 6) is -7.06. The molecule has 0 aliphatic heterocycles. The van der Waals surface area contributed by atoms with Gasteiger partial charge in [-0.25, -0.2) is 9.29 Å². The van der Waals surface area contributed by atoms with Gasteiger partial charge >= 0.3 is 17.9 Å². The SMILES string of the molecule is CCCC(CC)CCC(C)[CH2][Al-]([CH2]C(C)CCC(CC)CCC)([CH2]C(C)CCC(CC)CCC)[CH2]C(C)CCC(CC)CCC.CCCCCCC(F)(F)C(F)(F)C(F)(F)[NH+](CC(C)CCC)c1cccc(F)c1F. The maximum atomic E-state index is 15.0. The maximum absolute atomic E-state index is 15.0. The summed E-state index contributed by atoms with van der Waals surface area (Å²) in [5, 5.41) is 6.61. The lowest BCUT2D eigenvalue weighted by atomic mass is 9.92. The Labute approximate surface area is 462 Å². The molecule has 0 aromatic heterocycles. The van der Waals surface area contributed by atoms with E-state index in [2.05, 4.69) is 83.1 Å². The van der Waals surface area contributed by atoms with E-state index in [0.717, 1.165) is 59.5 Å². The number of halogens is 8. The second kappa shape index (κ2) is 40.3. The van der Waals surface area contributed by atoms with Crippen LogP contribution < -0.4 is 4.90 Å². The molecule has 10 atom stereocenters. The van der Waals surface area contributed by atoms with Crippen LogP contribution in [0.3, 0.4) is 0 Å². The number of hydrogen-bond acceptors (Lipinski definition) is 0. The molecule has 0 radical (unpaired) electrons. The Balaban J connectivity index is 0.00000158. The molecule has 0 saturated carbocycles. The molecule has 1 rings (SSSR count). The molecule has 1 N–H and O–H groups in total. The summed E-state index contributed by atoms with van der Waals surface area (Å²) >= 11 is -1.85. The number of quaternary nitrogens is 1. The van der Waals surface area contributed by atoms with Crippen molar-refractivity contribution in [2.24, 2.45) is 53.3 Å². The number of nitrogens with one attached hydrogen (secondary N) is 1. The van der Waals surface area contributed by atoms with Crippen LogP contribution in [-0.2, 0) is 0 Å². The fraction of sp³-hybridized carbons (Fsp3) is 0.908. The zero-order valence-corrected chi connectivity index (χ0v) is 52.8. The van der Waals surface area contributed by atoms with Gasteiger partial charge in [0.2, 0.25) is 5.82 Å². The first-order valence-electron chi connectivity index (χ1n) is 32.0. The summed E-state index contributed by atoms with van der Waals surface area (Å²) in [4.78, 5) is -1.50. The van der Waals surface area contributed by atoms with Gasteiger partial charge in [0.15, 0.2) is 11.5 Å². The van der Waals surface area contributed by atoms with Gasteiger partial charge < -0.3 is 0 Å². The van der Waals surface area contributed by atoms with E-state index < -0.39 is 72.1 Å². The average molecular weight is 1100 g/mol. The zero-order valence-electron chi connectivity index (χ0n) is 51.7. The number of benzene rings is 1. The summed E-state index contributed by atoms with van der Waals surface area (Å²) in [6.45, 7) is 34.4. The minimum Gasteiger partial charge on any atom is -0.233 e. The van der Waals surface area contributed by atoms with Gasteiger partial charge in [0.25, 0.3) is 0 Å². The number of alkyl halides is 6. The minimum atomic E-state index is -5.76. The van der Waals surface area contributed by atoms with E-state index in [4.69, 9.17) is 0 Å². The summed E-state index contributed by atoms with van der Waals surface area (Å²) < 4.78 is 115. The first-order chi connectivity index (χ1) is 35.4. The van der Waals surface area contributed by atoms with Crippen molar-refractivity contribution < 1.29 is 40.0 Å². The van der Waals surface area contributed by atoms with E-state index in [1.54, 1.807) is 35.0 Å². The Morgan fingerprint density at radius 1 is 0.427 bits per heavy atom. The fourth-order valence-corrected chi connectivity index (χ4v) is 22.8. The highest BCUT2D eigenvalue weighted by Gasteiger charge is 2.77. The van der Waals surface area contributed by atoms with Gasteiger partial charge in [0.1, 0.15) is 13.1 Å².